The van der Waals surface area contributed by atoms with Crippen LogP contribution in [0.5, 0.6) is 0 Å². The zero-order valence-electron chi connectivity index (χ0n) is 32.1. The van der Waals surface area contributed by atoms with Gasteiger partial charge < -0.3 is 19.3 Å². The molecular formula is C39H76NO8P. The summed E-state index contributed by atoms with van der Waals surface area (Å²) in [7, 11) is -0.706. The van der Waals surface area contributed by atoms with Gasteiger partial charge in [-0.15, -0.1) is 0 Å². The Kier molecular flexibility index (Phi) is 34.3. The first-order valence-corrected chi connectivity index (χ1v) is 21.5. The second kappa shape index (κ2) is 35.2. The highest BCUT2D eigenvalue weighted by Crippen LogP contribution is 2.43. The molecule has 0 rings (SSSR count). The third-order valence-corrected chi connectivity index (χ3v) is 9.56. The van der Waals surface area contributed by atoms with Crippen LogP contribution in [0.3, 0.4) is 0 Å². The monoisotopic (exact) mass is 718 g/mol. The Morgan fingerprint density at radius 3 is 1.51 bits per heavy atom. The van der Waals surface area contributed by atoms with Gasteiger partial charge in [-0.3, -0.25) is 18.6 Å². The highest BCUT2D eigenvalue weighted by atomic mass is 31.2. The lowest BCUT2D eigenvalue weighted by Gasteiger charge is -2.20. The normalized spacial score (nSPS) is 13.6. The number of likely N-dealkylation sites (N-methyl/N-ethyl adjacent to an activating group) is 1. The molecule has 0 spiro atoms. The molecule has 10 heteroatoms. The van der Waals surface area contributed by atoms with E-state index < -0.39 is 26.5 Å². The molecule has 9 nitrogen and oxygen atoms in total. The van der Waals surface area contributed by atoms with Gasteiger partial charge in [0.15, 0.2) is 6.10 Å². The molecule has 0 radical (unpaired) electrons. The Balaban J connectivity index is 4.32. The van der Waals surface area contributed by atoms with Crippen molar-refractivity contribution < 1.29 is 37.6 Å². The first-order valence-electron chi connectivity index (χ1n) is 20.0. The van der Waals surface area contributed by atoms with Crippen LogP contribution in [0.15, 0.2) is 12.2 Å². The van der Waals surface area contributed by atoms with E-state index in [-0.39, 0.29) is 32.0 Å². The summed E-state index contributed by atoms with van der Waals surface area (Å²) in [6, 6.07) is 0. The number of allylic oxidation sites excluding steroid dienone is 2. The van der Waals surface area contributed by atoms with Gasteiger partial charge in [0.1, 0.15) is 6.61 Å². The fraction of sp³-hybridized carbons (Fsp3) is 0.897. The van der Waals surface area contributed by atoms with Crippen LogP contribution < -0.4 is 0 Å². The Labute approximate surface area is 301 Å². The molecule has 0 aromatic heterocycles. The van der Waals surface area contributed by atoms with Gasteiger partial charge >= 0.3 is 19.8 Å². The SMILES string of the molecule is CCCCCCCC/C=C\CCCCCCCC(=O)OCC(COP(=O)(O)OCCN(C)C)OC(=O)CCCCCCCCCCCCC. The van der Waals surface area contributed by atoms with Crippen LogP contribution in [0.1, 0.15) is 181 Å². The van der Waals surface area contributed by atoms with Crippen molar-refractivity contribution in [1.82, 2.24) is 4.90 Å². The number of phosphoric ester groups is 1. The van der Waals surface area contributed by atoms with Crippen LogP contribution in [-0.4, -0.2) is 68.3 Å². The number of carbonyl (C=O) groups is 2. The smallest absolute Gasteiger partial charge is 0.462 e. The molecule has 290 valence electrons. The van der Waals surface area contributed by atoms with Gasteiger partial charge in [0.05, 0.1) is 13.2 Å². The predicted molar refractivity (Wildman–Crippen MR) is 202 cm³/mol. The molecule has 2 unspecified atom stereocenters. The van der Waals surface area contributed by atoms with Crippen molar-refractivity contribution in [1.29, 1.82) is 0 Å². The molecule has 1 N–H and O–H groups in total. The largest absolute Gasteiger partial charge is 0.472 e. The van der Waals surface area contributed by atoms with E-state index in [0.29, 0.717) is 13.0 Å². The second-order valence-electron chi connectivity index (χ2n) is 13.8. The minimum Gasteiger partial charge on any atom is -0.462 e. The van der Waals surface area contributed by atoms with E-state index in [9.17, 15) is 19.0 Å². The summed E-state index contributed by atoms with van der Waals surface area (Å²) in [5.41, 5.74) is 0. The molecule has 0 amide bonds. The van der Waals surface area contributed by atoms with Crippen molar-refractivity contribution >= 4 is 19.8 Å². The molecule has 0 bridgehead atoms. The van der Waals surface area contributed by atoms with E-state index in [1.807, 2.05) is 19.0 Å². The fourth-order valence-electron chi connectivity index (χ4n) is 5.45. The van der Waals surface area contributed by atoms with E-state index >= 15 is 0 Å². The molecule has 0 aliphatic heterocycles. The summed E-state index contributed by atoms with van der Waals surface area (Å²) in [6.07, 6.45) is 32.5. The van der Waals surface area contributed by atoms with E-state index in [0.717, 1.165) is 51.4 Å². The standard InChI is InChI=1S/C39H76NO8P/c1-5-7-9-11-13-15-17-18-19-20-22-23-25-27-29-31-38(41)45-35-37(36-47-49(43,44)46-34-33-40(3)4)48-39(42)32-30-28-26-24-21-16-14-12-10-8-6-2/h18-19,37H,5-17,20-36H2,1-4H3,(H,43,44)/b19-18-. The molecular weight excluding hydrogens is 641 g/mol. The number of unbranched alkanes of at least 4 members (excludes halogenated alkanes) is 21. The maximum Gasteiger partial charge on any atom is 0.472 e. The van der Waals surface area contributed by atoms with Crippen molar-refractivity contribution in [3.63, 3.8) is 0 Å². The van der Waals surface area contributed by atoms with Crippen LogP contribution in [0.25, 0.3) is 0 Å². The molecule has 0 saturated carbocycles. The third kappa shape index (κ3) is 36.3. The van der Waals surface area contributed by atoms with E-state index in [1.165, 1.54) is 96.3 Å². The number of ether oxygens (including phenoxy) is 2. The minimum absolute atomic E-state index is 0.00896. The number of carbonyl (C=O) groups excluding carboxylic acids is 2. The number of rotatable bonds is 37. The summed E-state index contributed by atoms with van der Waals surface area (Å²) in [5, 5.41) is 0. The van der Waals surface area contributed by atoms with E-state index in [1.54, 1.807) is 0 Å². The average molecular weight is 718 g/mol. The summed E-state index contributed by atoms with van der Waals surface area (Å²) < 4.78 is 33.3. The molecule has 0 fully saturated rings. The van der Waals surface area contributed by atoms with Crippen LogP contribution in [-0.2, 0) is 32.7 Å². The summed E-state index contributed by atoms with van der Waals surface area (Å²) >= 11 is 0. The van der Waals surface area contributed by atoms with Crippen LogP contribution in [0.2, 0.25) is 0 Å². The number of nitrogens with zero attached hydrogens (tertiary/aromatic N) is 1. The van der Waals surface area contributed by atoms with Gasteiger partial charge in [-0.1, -0.05) is 142 Å². The van der Waals surface area contributed by atoms with Crippen molar-refractivity contribution in [2.75, 3.05) is 40.5 Å². The molecule has 0 aliphatic carbocycles. The van der Waals surface area contributed by atoms with Crippen LogP contribution in [0, 0.1) is 0 Å². The molecule has 0 saturated heterocycles. The number of hydrogen-bond acceptors (Lipinski definition) is 8. The van der Waals surface area contributed by atoms with Gasteiger partial charge in [-0.25, -0.2) is 4.57 Å². The highest BCUT2D eigenvalue weighted by Gasteiger charge is 2.26. The molecule has 0 aromatic carbocycles. The maximum absolute atomic E-state index is 12.6. The predicted octanol–water partition coefficient (Wildman–Crippen LogP) is 10.9. The Bertz CT molecular complexity index is 838. The molecule has 0 heterocycles. The van der Waals surface area contributed by atoms with E-state index in [2.05, 4.69) is 26.0 Å². The van der Waals surface area contributed by atoms with Gasteiger partial charge in [0.2, 0.25) is 0 Å². The van der Waals surface area contributed by atoms with Crippen molar-refractivity contribution in [3.05, 3.63) is 12.2 Å². The Morgan fingerprint density at radius 1 is 0.612 bits per heavy atom. The zero-order valence-corrected chi connectivity index (χ0v) is 33.0. The Morgan fingerprint density at radius 2 is 1.04 bits per heavy atom. The number of hydrogen-bond donors (Lipinski definition) is 1. The van der Waals surface area contributed by atoms with Gasteiger partial charge in [0.25, 0.3) is 0 Å². The summed E-state index contributed by atoms with van der Waals surface area (Å²) in [4.78, 5) is 36.8. The van der Waals surface area contributed by atoms with Crippen LogP contribution >= 0.6 is 7.82 Å². The third-order valence-electron chi connectivity index (χ3n) is 8.57. The lowest BCUT2D eigenvalue weighted by Crippen LogP contribution is -2.29. The van der Waals surface area contributed by atoms with Crippen molar-refractivity contribution in [2.24, 2.45) is 0 Å². The molecule has 0 aliphatic rings. The topological polar surface area (TPSA) is 112 Å². The second-order valence-corrected chi connectivity index (χ2v) is 15.3. The first-order chi connectivity index (χ1) is 23.7. The quantitative estimate of drug-likeness (QED) is 0.0290. The first kappa shape index (κ1) is 47.8. The van der Waals surface area contributed by atoms with Gasteiger partial charge in [0, 0.05) is 19.4 Å². The minimum atomic E-state index is -4.35. The molecule has 49 heavy (non-hydrogen) atoms. The highest BCUT2D eigenvalue weighted by molar-refractivity contribution is 7.47. The van der Waals surface area contributed by atoms with Gasteiger partial charge in [-0.05, 0) is 52.6 Å². The fourth-order valence-corrected chi connectivity index (χ4v) is 6.19. The summed E-state index contributed by atoms with van der Waals surface area (Å²) in [6.45, 7) is 4.30. The Hall–Kier alpha value is -1.25. The van der Waals surface area contributed by atoms with Gasteiger partial charge in [-0.2, -0.15) is 0 Å². The zero-order chi connectivity index (χ0) is 36.3. The van der Waals surface area contributed by atoms with Crippen molar-refractivity contribution in [3.8, 4) is 0 Å². The lowest BCUT2D eigenvalue weighted by molar-refractivity contribution is -0.161. The van der Waals surface area contributed by atoms with Crippen molar-refractivity contribution in [2.45, 2.75) is 187 Å². The van der Waals surface area contributed by atoms with Crippen LogP contribution in [0.4, 0.5) is 0 Å². The number of phosphoric acid groups is 1. The lowest BCUT2D eigenvalue weighted by atomic mass is 10.1. The molecule has 0 aromatic rings. The molecule has 2 atom stereocenters. The summed E-state index contributed by atoms with van der Waals surface area (Å²) in [5.74, 6) is -0.808. The average Bonchev–Trinajstić information content (AvgIpc) is 3.06. The van der Waals surface area contributed by atoms with E-state index in [4.69, 9.17) is 18.5 Å². The number of esters is 2. The maximum atomic E-state index is 12.6.